The second-order valence-electron chi connectivity index (χ2n) is 7.34. The second kappa shape index (κ2) is 10.6. The van der Waals surface area contributed by atoms with Gasteiger partial charge in [0.05, 0.1) is 6.10 Å². The minimum absolute atomic E-state index is 0.536. The first kappa shape index (κ1) is 18.0. The van der Waals surface area contributed by atoms with Gasteiger partial charge in [-0.1, -0.05) is 40.5 Å². The van der Waals surface area contributed by atoms with Crippen molar-refractivity contribution in [2.24, 2.45) is 11.8 Å². The highest BCUT2D eigenvalue weighted by Crippen LogP contribution is 2.16. The Hall–Kier alpha value is -0.0800. The van der Waals surface area contributed by atoms with E-state index < -0.39 is 0 Å². The maximum Gasteiger partial charge on any atom is 0.0599 e. The summed E-state index contributed by atoms with van der Waals surface area (Å²) < 4.78 is 6.01. The molecule has 0 radical (unpaired) electrons. The lowest BCUT2D eigenvalue weighted by atomic mass is 10.0. The van der Waals surface area contributed by atoms with Gasteiger partial charge in [0, 0.05) is 19.7 Å². The van der Waals surface area contributed by atoms with Crippen molar-refractivity contribution in [3.8, 4) is 0 Å². The Kier molecular flexibility index (Phi) is 9.54. The fourth-order valence-electron chi connectivity index (χ4n) is 2.93. The SMILES string of the molecule is CC(C)CCCCN1CCC(OCCCC(C)C)CC1. The molecule has 0 unspecified atom stereocenters. The molecular formula is C18H37NO. The van der Waals surface area contributed by atoms with Crippen molar-refractivity contribution in [1.29, 1.82) is 0 Å². The highest BCUT2D eigenvalue weighted by molar-refractivity contribution is 4.72. The molecule has 2 heteroatoms. The maximum atomic E-state index is 6.01. The van der Waals surface area contributed by atoms with Crippen LogP contribution in [0.3, 0.4) is 0 Å². The summed E-state index contributed by atoms with van der Waals surface area (Å²) in [4.78, 5) is 2.63. The first-order chi connectivity index (χ1) is 9.58. The van der Waals surface area contributed by atoms with Gasteiger partial charge in [0.1, 0.15) is 0 Å². The summed E-state index contributed by atoms with van der Waals surface area (Å²) in [6.45, 7) is 14.0. The van der Waals surface area contributed by atoms with Gasteiger partial charge in [0.2, 0.25) is 0 Å². The number of piperidine rings is 1. The molecule has 1 saturated heterocycles. The summed E-state index contributed by atoms with van der Waals surface area (Å²) >= 11 is 0. The van der Waals surface area contributed by atoms with E-state index in [1.807, 2.05) is 0 Å². The Bertz CT molecular complexity index is 195. The predicted octanol–water partition coefficient (Wildman–Crippen LogP) is 4.73. The monoisotopic (exact) mass is 283 g/mol. The van der Waals surface area contributed by atoms with E-state index >= 15 is 0 Å². The van der Waals surface area contributed by atoms with Crippen LogP contribution in [0, 0.1) is 11.8 Å². The van der Waals surface area contributed by atoms with Gasteiger partial charge in [-0.05, 0) is 50.5 Å². The van der Waals surface area contributed by atoms with E-state index in [0.29, 0.717) is 6.10 Å². The third-order valence-electron chi connectivity index (χ3n) is 4.32. The van der Waals surface area contributed by atoms with Gasteiger partial charge in [0.15, 0.2) is 0 Å². The average Bonchev–Trinajstić information content (AvgIpc) is 2.41. The van der Waals surface area contributed by atoms with Crippen LogP contribution in [-0.4, -0.2) is 37.2 Å². The normalized spacial score (nSPS) is 18.3. The molecule has 1 aliphatic rings. The van der Waals surface area contributed by atoms with Crippen LogP contribution in [-0.2, 0) is 4.74 Å². The first-order valence-electron chi connectivity index (χ1n) is 8.92. The van der Waals surface area contributed by atoms with E-state index in [-0.39, 0.29) is 0 Å². The van der Waals surface area contributed by atoms with Gasteiger partial charge >= 0.3 is 0 Å². The van der Waals surface area contributed by atoms with Crippen LogP contribution < -0.4 is 0 Å². The molecule has 1 aliphatic heterocycles. The van der Waals surface area contributed by atoms with E-state index in [9.17, 15) is 0 Å². The highest BCUT2D eigenvalue weighted by Gasteiger charge is 2.18. The smallest absolute Gasteiger partial charge is 0.0599 e. The topological polar surface area (TPSA) is 12.5 Å². The lowest BCUT2D eigenvalue weighted by Gasteiger charge is -2.32. The minimum atomic E-state index is 0.536. The molecular weight excluding hydrogens is 246 g/mol. The van der Waals surface area contributed by atoms with Crippen LogP contribution in [0.2, 0.25) is 0 Å². The summed E-state index contributed by atoms with van der Waals surface area (Å²) in [6, 6.07) is 0. The molecule has 0 bridgehead atoms. The summed E-state index contributed by atoms with van der Waals surface area (Å²) in [6.07, 6.45) is 9.70. The van der Waals surface area contributed by atoms with Gasteiger partial charge < -0.3 is 9.64 Å². The predicted molar refractivity (Wildman–Crippen MR) is 88.2 cm³/mol. The Labute approximate surface area is 127 Å². The second-order valence-corrected chi connectivity index (χ2v) is 7.34. The van der Waals surface area contributed by atoms with E-state index in [2.05, 4.69) is 32.6 Å². The van der Waals surface area contributed by atoms with Gasteiger partial charge in [0.25, 0.3) is 0 Å². The van der Waals surface area contributed by atoms with Gasteiger partial charge in [-0.25, -0.2) is 0 Å². The van der Waals surface area contributed by atoms with Crippen molar-refractivity contribution >= 4 is 0 Å². The highest BCUT2D eigenvalue weighted by atomic mass is 16.5. The van der Waals surface area contributed by atoms with E-state index in [4.69, 9.17) is 4.74 Å². The maximum absolute atomic E-state index is 6.01. The molecule has 20 heavy (non-hydrogen) atoms. The van der Waals surface area contributed by atoms with Gasteiger partial charge in [-0.15, -0.1) is 0 Å². The van der Waals surface area contributed by atoms with Crippen LogP contribution >= 0.6 is 0 Å². The third kappa shape index (κ3) is 8.97. The molecule has 1 heterocycles. The molecule has 1 rings (SSSR count). The fraction of sp³-hybridized carbons (Fsp3) is 1.00. The van der Waals surface area contributed by atoms with Crippen molar-refractivity contribution < 1.29 is 4.74 Å². The lowest BCUT2D eigenvalue weighted by Crippen LogP contribution is -2.37. The number of likely N-dealkylation sites (tertiary alicyclic amines) is 1. The average molecular weight is 284 g/mol. The Morgan fingerprint density at radius 2 is 1.50 bits per heavy atom. The molecule has 1 fully saturated rings. The Morgan fingerprint density at radius 3 is 2.10 bits per heavy atom. The molecule has 2 nitrogen and oxygen atoms in total. The van der Waals surface area contributed by atoms with Crippen molar-refractivity contribution in [2.45, 2.75) is 78.7 Å². The number of unbranched alkanes of at least 4 members (excludes halogenated alkanes) is 1. The number of nitrogens with zero attached hydrogens (tertiary/aromatic N) is 1. The zero-order valence-electron chi connectivity index (χ0n) is 14.4. The molecule has 0 atom stereocenters. The quantitative estimate of drug-likeness (QED) is 0.537. The van der Waals surface area contributed by atoms with Gasteiger partial charge in [-0.3, -0.25) is 0 Å². The Morgan fingerprint density at radius 1 is 0.900 bits per heavy atom. The molecule has 0 aromatic carbocycles. The standard InChI is InChI=1S/C18H37NO/c1-16(2)8-5-6-12-19-13-10-18(11-14-19)20-15-7-9-17(3)4/h16-18H,5-15H2,1-4H3. The summed E-state index contributed by atoms with van der Waals surface area (Å²) in [5.41, 5.74) is 0. The van der Waals surface area contributed by atoms with Crippen LogP contribution in [0.25, 0.3) is 0 Å². The number of rotatable bonds is 10. The first-order valence-corrected chi connectivity index (χ1v) is 8.92. The van der Waals surface area contributed by atoms with Crippen molar-refractivity contribution in [2.75, 3.05) is 26.2 Å². The van der Waals surface area contributed by atoms with E-state index in [1.54, 1.807) is 0 Å². The molecule has 0 spiro atoms. The van der Waals surface area contributed by atoms with Crippen molar-refractivity contribution in [3.63, 3.8) is 0 Å². The van der Waals surface area contributed by atoms with E-state index in [0.717, 1.165) is 18.4 Å². The van der Waals surface area contributed by atoms with E-state index in [1.165, 1.54) is 64.6 Å². The Balaban J connectivity index is 1.97. The molecule has 0 N–H and O–H groups in total. The van der Waals surface area contributed by atoms with Crippen LogP contribution in [0.1, 0.15) is 72.6 Å². The number of hydrogen-bond acceptors (Lipinski definition) is 2. The number of hydrogen-bond donors (Lipinski definition) is 0. The van der Waals surface area contributed by atoms with Crippen molar-refractivity contribution in [1.82, 2.24) is 4.90 Å². The minimum Gasteiger partial charge on any atom is -0.378 e. The van der Waals surface area contributed by atoms with Crippen molar-refractivity contribution in [3.05, 3.63) is 0 Å². The summed E-state index contributed by atoms with van der Waals surface area (Å²) in [5.74, 6) is 1.67. The molecule has 0 saturated carbocycles. The van der Waals surface area contributed by atoms with Crippen LogP contribution in [0.5, 0.6) is 0 Å². The zero-order valence-corrected chi connectivity index (χ0v) is 14.4. The lowest BCUT2D eigenvalue weighted by molar-refractivity contribution is 0.00491. The summed E-state index contributed by atoms with van der Waals surface area (Å²) in [7, 11) is 0. The number of ether oxygens (including phenoxy) is 1. The molecule has 0 aromatic heterocycles. The third-order valence-corrected chi connectivity index (χ3v) is 4.32. The molecule has 120 valence electrons. The molecule has 0 amide bonds. The zero-order chi connectivity index (χ0) is 14.8. The molecule has 0 aromatic rings. The largest absolute Gasteiger partial charge is 0.378 e. The fourth-order valence-corrected chi connectivity index (χ4v) is 2.93. The molecule has 0 aliphatic carbocycles. The van der Waals surface area contributed by atoms with Crippen LogP contribution in [0.4, 0.5) is 0 Å². The van der Waals surface area contributed by atoms with Crippen LogP contribution in [0.15, 0.2) is 0 Å². The van der Waals surface area contributed by atoms with Gasteiger partial charge in [-0.2, -0.15) is 0 Å². The summed E-state index contributed by atoms with van der Waals surface area (Å²) in [5, 5.41) is 0.